The Balaban J connectivity index is 2.75. The molecule has 0 heterocycles. The van der Waals surface area contributed by atoms with E-state index in [0.29, 0.717) is 24.1 Å². The van der Waals surface area contributed by atoms with E-state index in [1.54, 1.807) is 12.1 Å². The second-order valence-corrected chi connectivity index (χ2v) is 5.36. The number of hydrogen-bond acceptors (Lipinski definition) is 2. The van der Waals surface area contributed by atoms with Gasteiger partial charge in [0.15, 0.2) is 0 Å². The summed E-state index contributed by atoms with van der Waals surface area (Å²) in [6.45, 7) is 7.27. The fourth-order valence-corrected chi connectivity index (χ4v) is 2.15. The molecule has 1 aromatic carbocycles. The van der Waals surface area contributed by atoms with E-state index in [9.17, 15) is 4.79 Å². The summed E-state index contributed by atoms with van der Waals surface area (Å²) >= 11 is 0. The van der Waals surface area contributed by atoms with Gasteiger partial charge in [-0.15, -0.1) is 0 Å². The molecule has 1 aromatic rings. The van der Waals surface area contributed by atoms with Gasteiger partial charge in [-0.05, 0) is 37.9 Å². The molecule has 0 aliphatic heterocycles. The van der Waals surface area contributed by atoms with Crippen LogP contribution in [0.2, 0.25) is 0 Å². The largest absolute Gasteiger partial charge is 0.478 e. The molecule has 100 valence electrons. The van der Waals surface area contributed by atoms with Crippen LogP contribution in [0, 0.1) is 5.92 Å². The summed E-state index contributed by atoms with van der Waals surface area (Å²) in [5.41, 5.74) is 1.28. The van der Waals surface area contributed by atoms with E-state index in [0.717, 1.165) is 12.0 Å². The highest BCUT2D eigenvalue weighted by molar-refractivity contribution is 5.89. The van der Waals surface area contributed by atoms with Crippen LogP contribution in [0.25, 0.3) is 0 Å². The van der Waals surface area contributed by atoms with Crippen LogP contribution in [0.1, 0.15) is 43.1 Å². The Labute approximate surface area is 109 Å². The molecule has 1 unspecified atom stereocenters. The third-order valence-electron chi connectivity index (χ3n) is 3.23. The summed E-state index contributed by atoms with van der Waals surface area (Å²) in [4.78, 5) is 13.3. The van der Waals surface area contributed by atoms with Crippen molar-refractivity contribution in [3.05, 3.63) is 35.4 Å². The van der Waals surface area contributed by atoms with E-state index in [4.69, 9.17) is 5.11 Å². The molecule has 0 aromatic heterocycles. The van der Waals surface area contributed by atoms with Crippen molar-refractivity contribution in [1.82, 2.24) is 4.90 Å². The van der Waals surface area contributed by atoms with Crippen LogP contribution in [-0.2, 0) is 6.54 Å². The molecule has 0 saturated carbocycles. The standard InChI is InChI=1S/C15H23NO2/c1-11(2)9-12(3)16(4)10-13-7-5-6-8-14(13)15(17)18/h5-8,11-12H,9-10H2,1-4H3,(H,17,18). The maximum absolute atomic E-state index is 11.1. The van der Waals surface area contributed by atoms with Crippen molar-refractivity contribution in [2.24, 2.45) is 5.92 Å². The van der Waals surface area contributed by atoms with Gasteiger partial charge < -0.3 is 5.11 Å². The molecule has 1 atom stereocenters. The fourth-order valence-electron chi connectivity index (χ4n) is 2.15. The number of benzene rings is 1. The molecular weight excluding hydrogens is 226 g/mol. The predicted molar refractivity (Wildman–Crippen MR) is 73.8 cm³/mol. The summed E-state index contributed by atoms with van der Waals surface area (Å²) in [5, 5.41) is 9.14. The van der Waals surface area contributed by atoms with Gasteiger partial charge in [0, 0.05) is 12.6 Å². The van der Waals surface area contributed by atoms with Crippen LogP contribution >= 0.6 is 0 Å². The van der Waals surface area contributed by atoms with Crippen LogP contribution in [-0.4, -0.2) is 29.1 Å². The lowest BCUT2D eigenvalue weighted by Crippen LogP contribution is -2.30. The summed E-state index contributed by atoms with van der Waals surface area (Å²) < 4.78 is 0. The minimum Gasteiger partial charge on any atom is -0.478 e. The highest BCUT2D eigenvalue weighted by Crippen LogP contribution is 2.15. The molecule has 3 nitrogen and oxygen atoms in total. The third-order valence-corrected chi connectivity index (χ3v) is 3.23. The Bertz CT molecular complexity index is 401. The van der Waals surface area contributed by atoms with Gasteiger partial charge in [-0.25, -0.2) is 4.79 Å². The highest BCUT2D eigenvalue weighted by Gasteiger charge is 2.15. The zero-order valence-electron chi connectivity index (χ0n) is 11.7. The SMILES string of the molecule is CC(C)CC(C)N(C)Cc1ccccc1C(=O)O. The molecule has 1 N–H and O–H groups in total. The molecule has 3 heteroatoms. The van der Waals surface area contributed by atoms with Gasteiger partial charge in [0.05, 0.1) is 5.56 Å². The zero-order valence-corrected chi connectivity index (χ0v) is 11.7. The van der Waals surface area contributed by atoms with Crippen LogP contribution in [0.15, 0.2) is 24.3 Å². The molecule has 0 spiro atoms. The van der Waals surface area contributed by atoms with E-state index >= 15 is 0 Å². The molecular formula is C15H23NO2. The van der Waals surface area contributed by atoms with Crippen LogP contribution < -0.4 is 0 Å². The van der Waals surface area contributed by atoms with Gasteiger partial charge in [0.2, 0.25) is 0 Å². The monoisotopic (exact) mass is 249 g/mol. The average molecular weight is 249 g/mol. The van der Waals surface area contributed by atoms with Crippen molar-refractivity contribution >= 4 is 5.97 Å². The minimum absolute atomic E-state index is 0.404. The predicted octanol–water partition coefficient (Wildman–Crippen LogP) is 3.25. The lowest BCUT2D eigenvalue weighted by molar-refractivity contribution is 0.0694. The van der Waals surface area contributed by atoms with Crippen molar-refractivity contribution in [1.29, 1.82) is 0 Å². The molecule has 18 heavy (non-hydrogen) atoms. The molecule has 0 amide bonds. The van der Waals surface area contributed by atoms with Gasteiger partial charge in [-0.2, -0.15) is 0 Å². The molecule has 0 fully saturated rings. The minimum atomic E-state index is -0.851. The summed E-state index contributed by atoms with van der Waals surface area (Å²) in [6.07, 6.45) is 1.12. The molecule has 0 aliphatic rings. The van der Waals surface area contributed by atoms with Gasteiger partial charge in [-0.1, -0.05) is 32.0 Å². The van der Waals surface area contributed by atoms with Crippen LogP contribution in [0.5, 0.6) is 0 Å². The zero-order chi connectivity index (χ0) is 13.7. The van der Waals surface area contributed by atoms with Crippen molar-refractivity contribution in [3.8, 4) is 0 Å². The van der Waals surface area contributed by atoms with Crippen molar-refractivity contribution in [2.75, 3.05) is 7.05 Å². The van der Waals surface area contributed by atoms with E-state index in [1.165, 1.54) is 0 Å². The van der Waals surface area contributed by atoms with E-state index in [-0.39, 0.29) is 0 Å². The number of hydrogen-bond donors (Lipinski definition) is 1. The Hall–Kier alpha value is -1.35. The lowest BCUT2D eigenvalue weighted by Gasteiger charge is -2.26. The van der Waals surface area contributed by atoms with Crippen molar-refractivity contribution in [2.45, 2.75) is 39.8 Å². The summed E-state index contributed by atoms with van der Waals surface area (Å²) in [6, 6.07) is 7.67. The maximum Gasteiger partial charge on any atom is 0.336 e. The molecule has 0 saturated heterocycles. The Morgan fingerprint density at radius 3 is 2.44 bits per heavy atom. The van der Waals surface area contributed by atoms with E-state index in [1.807, 2.05) is 19.2 Å². The first-order chi connectivity index (χ1) is 8.41. The topological polar surface area (TPSA) is 40.5 Å². The molecule has 1 rings (SSSR count). The van der Waals surface area contributed by atoms with Gasteiger partial charge in [-0.3, -0.25) is 4.90 Å². The number of carbonyl (C=O) groups is 1. The number of nitrogens with zero attached hydrogens (tertiary/aromatic N) is 1. The van der Waals surface area contributed by atoms with Gasteiger partial charge >= 0.3 is 5.97 Å². The second-order valence-electron chi connectivity index (χ2n) is 5.36. The van der Waals surface area contributed by atoms with Gasteiger partial charge in [0.1, 0.15) is 0 Å². The Morgan fingerprint density at radius 1 is 1.28 bits per heavy atom. The first kappa shape index (κ1) is 14.7. The van der Waals surface area contributed by atoms with E-state index in [2.05, 4.69) is 25.7 Å². The van der Waals surface area contributed by atoms with Crippen molar-refractivity contribution in [3.63, 3.8) is 0 Å². The maximum atomic E-state index is 11.1. The summed E-state index contributed by atoms with van der Waals surface area (Å²) in [5.74, 6) is -0.201. The second kappa shape index (κ2) is 6.55. The van der Waals surface area contributed by atoms with Crippen LogP contribution in [0.4, 0.5) is 0 Å². The smallest absolute Gasteiger partial charge is 0.336 e. The first-order valence-corrected chi connectivity index (χ1v) is 6.43. The number of carboxylic acids is 1. The third kappa shape index (κ3) is 4.15. The Morgan fingerprint density at radius 2 is 1.89 bits per heavy atom. The van der Waals surface area contributed by atoms with Gasteiger partial charge in [0.25, 0.3) is 0 Å². The first-order valence-electron chi connectivity index (χ1n) is 6.43. The van der Waals surface area contributed by atoms with E-state index < -0.39 is 5.97 Å². The lowest BCUT2D eigenvalue weighted by atomic mass is 10.0. The molecule has 0 radical (unpaired) electrons. The van der Waals surface area contributed by atoms with Crippen LogP contribution in [0.3, 0.4) is 0 Å². The normalized spacial score (nSPS) is 13.0. The highest BCUT2D eigenvalue weighted by atomic mass is 16.4. The van der Waals surface area contributed by atoms with Crippen molar-refractivity contribution < 1.29 is 9.90 Å². The fraction of sp³-hybridized carbons (Fsp3) is 0.533. The molecule has 0 bridgehead atoms. The summed E-state index contributed by atoms with van der Waals surface area (Å²) in [7, 11) is 2.05. The average Bonchev–Trinajstić information content (AvgIpc) is 2.28. The number of rotatable bonds is 6. The molecule has 0 aliphatic carbocycles. The quantitative estimate of drug-likeness (QED) is 0.841. The number of aromatic carboxylic acids is 1. The number of carboxylic acid groups (broad SMARTS) is 1. The Kier molecular flexibility index (Phi) is 5.35.